The van der Waals surface area contributed by atoms with Gasteiger partial charge in [-0.1, -0.05) is 19.1 Å². The van der Waals surface area contributed by atoms with Gasteiger partial charge in [0.1, 0.15) is 5.75 Å². The second kappa shape index (κ2) is 7.67. The van der Waals surface area contributed by atoms with Crippen molar-refractivity contribution < 1.29 is 4.74 Å². The van der Waals surface area contributed by atoms with Crippen LogP contribution >= 0.6 is 23.5 Å². The summed E-state index contributed by atoms with van der Waals surface area (Å²) in [6.45, 7) is 6.08. The Balaban J connectivity index is 1.79. The van der Waals surface area contributed by atoms with Gasteiger partial charge in [-0.15, -0.1) is 23.5 Å². The molecule has 3 rings (SSSR count). The average Bonchev–Trinajstić information content (AvgIpc) is 3.09. The molecule has 2 aromatic rings. The molecule has 5 heteroatoms. The maximum atomic E-state index is 5.59. The van der Waals surface area contributed by atoms with Crippen molar-refractivity contribution in [3.8, 4) is 5.75 Å². The molecular formula is C18H24N2OS2. The minimum Gasteiger partial charge on any atom is -0.494 e. The summed E-state index contributed by atoms with van der Waals surface area (Å²) < 4.78 is 7.91. The first-order valence-corrected chi connectivity index (χ1v) is 10.2. The van der Waals surface area contributed by atoms with Crippen LogP contribution < -0.4 is 4.74 Å². The van der Waals surface area contributed by atoms with Crippen molar-refractivity contribution in [1.82, 2.24) is 9.55 Å². The molecule has 1 aromatic heterocycles. The van der Waals surface area contributed by atoms with Gasteiger partial charge in [-0.3, -0.25) is 0 Å². The average molecular weight is 349 g/mol. The Morgan fingerprint density at radius 3 is 2.61 bits per heavy atom. The molecule has 0 atom stereocenters. The normalized spacial score (nSPS) is 24.5. The van der Waals surface area contributed by atoms with Crippen molar-refractivity contribution in [3.63, 3.8) is 0 Å². The second-order valence-electron chi connectivity index (χ2n) is 5.99. The fraction of sp³-hybridized carbons (Fsp3) is 0.500. The molecule has 124 valence electrons. The van der Waals surface area contributed by atoms with Gasteiger partial charge in [0.05, 0.1) is 17.0 Å². The van der Waals surface area contributed by atoms with Crippen LogP contribution in [0.2, 0.25) is 0 Å². The largest absolute Gasteiger partial charge is 0.494 e. The molecule has 0 N–H and O–H groups in total. The molecule has 1 aliphatic heterocycles. The van der Waals surface area contributed by atoms with Crippen molar-refractivity contribution in [2.24, 2.45) is 5.92 Å². The Labute approximate surface area is 147 Å². The highest BCUT2D eigenvalue weighted by molar-refractivity contribution is 8.18. The predicted molar refractivity (Wildman–Crippen MR) is 100 cm³/mol. The number of ether oxygens (including phenoxy) is 1. The van der Waals surface area contributed by atoms with E-state index in [0.717, 1.165) is 24.6 Å². The summed E-state index contributed by atoms with van der Waals surface area (Å²) in [5, 5.41) is 0. The molecule has 3 nitrogen and oxygen atoms in total. The van der Waals surface area contributed by atoms with Gasteiger partial charge in [-0.05, 0) is 48.5 Å². The number of nitrogens with zero attached hydrogens (tertiary/aromatic N) is 2. The molecule has 0 bridgehead atoms. The summed E-state index contributed by atoms with van der Waals surface area (Å²) in [6.07, 6.45) is 6.92. The van der Waals surface area contributed by atoms with Crippen LogP contribution in [0.3, 0.4) is 0 Å². The van der Waals surface area contributed by atoms with E-state index in [9.17, 15) is 0 Å². The monoisotopic (exact) mass is 348 g/mol. The Kier molecular flexibility index (Phi) is 5.59. The lowest BCUT2D eigenvalue weighted by Gasteiger charge is -2.39. The van der Waals surface area contributed by atoms with Crippen LogP contribution in [-0.2, 0) is 10.6 Å². The van der Waals surface area contributed by atoms with Gasteiger partial charge in [0.25, 0.3) is 0 Å². The quantitative estimate of drug-likeness (QED) is 0.760. The highest BCUT2D eigenvalue weighted by Gasteiger charge is 2.37. The summed E-state index contributed by atoms with van der Waals surface area (Å²) in [7, 11) is 0. The molecule has 0 amide bonds. The Morgan fingerprint density at radius 1 is 1.26 bits per heavy atom. The maximum Gasteiger partial charge on any atom is 0.119 e. The van der Waals surface area contributed by atoms with Crippen LogP contribution in [0.25, 0.3) is 0 Å². The van der Waals surface area contributed by atoms with Crippen molar-refractivity contribution in [3.05, 3.63) is 48.5 Å². The van der Waals surface area contributed by atoms with Crippen LogP contribution in [0.4, 0.5) is 0 Å². The van der Waals surface area contributed by atoms with E-state index in [2.05, 4.69) is 64.3 Å². The molecule has 1 fully saturated rings. The zero-order chi connectivity index (χ0) is 16.1. The molecule has 1 aliphatic rings. The number of imidazole rings is 1. The van der Waals surface area contributed by atoms with Crippen molar-refractivity contribution in [2.75, 3.05) is 18.1 Å². The van der Waals surface area contributed by atoms with E-state index in [1.165, 1.54) is 17.1 Å². The van der Waals surface area contributed by atoms with Gasteiger partial charge in [-0.2, -0.15) is 0 Å². The van der Waals surface area contributed by atoms with Crippen molar-refractivity contribution in [2.45, 2.75) is 30.9 Å². The summed E-state index contributed by atoms with van der Waals surface area (Å²) in [6, 6.07) is 8.71. The number of hydrogen-bond donors (Lipinski definition) is 0. The number of aromatic nitrogens is 2. The first-order valence-electron chi connectivity index (χ1n) is 8.19. The molecule has 0 aliphatic carbocycles. The predicted octanol–water partition coefficient (Wildman–Crippen LogP) is 4.64. The molecule has 0 radical (unpaired) electrons. The molecule has 0 unspecified atom stereocenters. The first-order chi connectivity index (χ1) is 11.2. The molecule has 1 saturated heterocycles. The third kappa shape index (κ3) is 4.07. The van der Waals surface area contributed by atoms with E-state index in [-0.39, 0.29) is 4.08 Å². The molecule has 23 heavy (non-hydrogen) atoms. The van der Waals surface area contributed by atoms with Gasteiger partial charge in [0.2, 0.25) is 0 Å². The number of rotatable bonds is 6. The fourth-order valence-corrected chi connectivity index (χ4v) is 6.08. The molecule has 0 saturated carbocycles. The number of aryl methyl sites for hydroxylation is 1. The van der Waals surface area contributed by atoms with E-state index in [1.807, 2.05) is 25.6 Å². The van der Waals surface area contributed by atoms with E-state index < -0.39 is 0 Å². The molecule has 0 spiro atoms. The summed E-state index contributed by atoms with van der Waals surface area (Å²) >= 11 is 4.20. The fourth-order valence-electron chi connectivity index (χ4n) is 2.77. The molecule has 2 heterocycles. The third-order valence-corrected chi connectivity index (χ3v) is 8.06. The first kappa shape index (κ1) is 16.8. The molecule has 1 aromatic carbocycles. The van der Waals surface area contributed by atoms with E-state index >= 15 is 0 Å². The van der Waals surface area contributed by atoms with Crippen molar-refractivity contribution >= 4 is 23.5 Å². The van der Waals surface area contributed by atoms with Crippen LogP contribution in [0.1, 0.15) is 25.8 Å². The minimum absolute atomic E-state index is 0.140. The van der Waals surface area contributed by atoms with Crippen LogP contribution in [0.15, 0.2) is 43.0 Å². The van der Waals surface area contributed by atoms with Gasteiger partial charge < -0.3 is 9.30 Å². The number of benzene rings is 1. The SMILES string of the molecule is CCOc1ccc(C2(CCn3ccnc3)SCC(C)CS2)cc1. The number of thioether (sulfide) groups is 2. The van der Waals surface area contributed by atoms with Gasteiger partial charge >= 0.3 is 0 Å². The van der Waals surface area contributed by atoms with Crippen LogP contribution in [-0.4, -0.2) is 27.7 Å². The third-order valence-electron chi connectivity index (χ3n) is 4.07. The lowest BCUT2D eigenvalue weighted by atomic mass is 10.1. The maximum absolute atomic E-state index is 5.59. The minimum atomic E-state index is 0.140. The Morgan fingerprint density at radius 2 is 2.00 bits per heavy atom. The highest BCUT2D eigenvalue weighted by Crippen LogP contribution is 2.54. The smallest absolute Gasteiger partial charge is 0.119 e. The summed E-state index contributed by atoms with van der Waals surface area (Å²) in [5.41, 5.74) is 1.41. The standard InChI is InChI=1S/C18H24N2OS2/c1-3-21-17-6-4-16(5-7-17)18(22-12-15(2)13-23-18)8-10-20-11-9-19-14-20/h4-7,9,11,14-15H,3,8,10,12-13H2,1-2H3. The lowest BCUT2D eigenvalue weighted by Crippen LogP contribution is -2.27. The topological polar surface area (TPSA) is 27.1 Å². The summed E-state index contributed by atoms with van der Waals surface area (Å²) in [4.78, 5) is 4.16. The zero-order valence-corrected chi connectivity index (χ0v) is 15.4. The summed E-state index contributed by atoms with van der Waals surface area (Å²) in [5.74, 6) is 4.20. The Bertz CT molecular complexity index is 590. The van der Waals surface area contributed by atoms with E-state index in [4.69, 9.17) is 4.74 Å². The van der Waals surface area contributed by atoms with Crippen molar-refractivity contribution in [1.29, 1.82) is 0 Å². The van der Waals surface area contributed by atoms with Gasteiger partial charge in [0, 0.05) is 18.9 Å². The van der Waals surface area contributed by atoms with Crippen LogP contribution in [0, 0.1) is 5.92 Å². The second-order valence-corrected chi connectivity index (χ2v) is 8.88. The Hall–Kier alpha value is -1.07. The lowest BCUT2D eigenvalue weighted by molar-refractivity contribution is 0.340. The molecular weight excluding hydrogens is 324 g/mol. The van der Waals surface area contributed by atoms with E-state index in [0.29, 0.717) is 6.61 Å². The van der Waals surface area contributed by atoms with Crippen LogP contribution in [0.5, 0.6) is 5.75 Å². The van der Waals surface area contributed by atoms with Gasteiger partial charge in [0.15, 0.2) is 0 Å². The highest BCUT2D eigenvalue weighted by atomic mass is 32.2. The zero-order valence-electron chi connectivity index (χ0n) is 13.8. The number of hydrogen-bond acceptors (Lipinski definition) is 4. The van der Waals surface area contributed by atoms with Gasteiger partial charge in [-0.25, -0.2) is 4.98 Å². The van der Waals surface area contributed by atoms with E-state index in [1.54, 1.807) is 0 Å².